The van der Waals surface area contributed by atoms with Gasteiger partial charge in [-0.2, -0.15) is 4.98 Å². The number of para-hydroxylation sites is 2. The summed E-state index contributed by atoms with van der Waals surface area (Å²) in [6.45, 7) is 5.69. The molecule has 3 N–H and O–H groups in total. The van der Waals surface area contributed by atoms with Crippen LogP contribution in [0, 0.1) is 10.1 Å². The van der Waals surface area contributed by atoms with Gasteiger partial charge in [-0.1, -0.05) is 12.1 Å². The fraction of sp³-hybridized carbons (Fsp3) is 0.409. The number of aromatic nitrogens is 1. The number of carbonyl (C=O) groups excluding carboxylic acids is 1. The van der Waals surface area contributed by atoms with Crippen LogP contribution >= 0.6 is 0 Å². The Morgan fingerprint density at radius 2 is 1.83 bits per heavy atom. The molecule has 1 aromatic heterocycles. The third-order valence-corrected chi connectivity index (χ3v) is 5.32. The molecule has 0 aliphatic carbocycles. The first-order valence-corrected chi connectivity index (χ1v) is 10.9. The molecule has 1 aromatic carbocycles. The average molecular weight is 492 g/mol. The predicted molar refractivity (Wildman–Crippen MR) is 124 cm³/mol. The van der Waals surface area contributed by atoms with Crippen LogP contribution in [0.4, 0.5) is 17.2 Å². The number of rotatable bonds is 9. The monoisotopic (exact) mass is 491 g/mol. The van der Waals surface area contributed by atoms with E-state index in [1.165, 1.54) is 24.1 Å². The van der Waals surface area contributed by atoms with Gasteiger partial charge in [0.2, 0.25) is 11.7 Å². The first kappa shape index (κ1) is 27.1. The lowest BCUT2D eigenvalue weighted by atomic mass is 10.2. The maximum Gasteiger partial charge on any atom is 0.351 e. The minimum atomic E-state index is -2.07. The number of piperazine rings is 1. The van der Waals surface area contributed by atoms with Gasteiger partial charge in [0.1, 0.15) is 5.75 Å². The van der Waals surface area contributed by atoms with Gasteiger partial charge in [-0.15, -0.1) is 0 Å². The highest BCUT2D eigenvalue weighted by Gasteiger charge is 2.22. The maximum atomic E-state index is 11.2. The topological polar surface area (TPSA) is 172 Å². The minimum absolute atomic E-state index is 0.0384. The Bertz CT molecular complexity index is 999. The number of nitro groups is 1. The lowest BCUT2D eigenvalue weighted by Crippen LogP contribution is -3.14. The van der Waals surface area contributed by atoms with Gasteiger partial charge >= 0.3 is 11.7 Å². The van der Waals surface area contributed by atoms with Gasteiger partial charge in [-0.25, -0.2) is 4.79 Å². The van der Waals surface area contributed by atoms with Crippen molar-refractivity contribution in [3.05, 3.63) is 46.5 Å². The molecule has 1 aliphatic rings. The normalized spacial score (nSPS) is 13.3. The van der Waals surface area contributed by atoms with E-state index in [9.17, 15) is 10.1 Å². The van der Waals surface area contributed by atoms with Crippen molar-refractivity contribution in [1.29, 1.82) is 0 Å². The molecule has 3 rings (SSSR count). The number of benzene rings is 1. The van der Waals surface area contributed by atoms with Crippen LogP contribution < -0.4 is 29.7 Å². The second-order valence-electron chi connectivity index (χ2n) is 7.51. The fourth-order valence-corrected chi connectivity index (χ4v) is 3.58. The van der Waals surface area contributed by atoms with Crippen molar-refractivity contribution in [1.82, 2.24) is 4.98 Å². The molecule has 1 fully saturated rings. The van der Waals surface area contributed by atoms with Crippen LogP contribution in [0.15, 0.2) is 36.4 Å². The Morgan fingerprint density at radius 1 is 1.17 bits per heavy atom. The zero-order valence-corrected chi connectivity index (χ0v) is 19.6. The number of carbonyl (C=O) groups is 2. The second kappa shape index (κ2) is 13.5. The standard InChI is InChI=1S/C20H27N5O4.C2H2O4/c1-28-18-7-4-3-6-16(18)24-14-12-23(13-15-24)11-5-10-21-20-17(25(26)27)8-9-19(22-20)29-2;3-1(4)2(5)6/h3-4,6-9H,5,10-15H2,1-2H3,(H,21,22);(H,3,4)(H,5,6). The van der Waals surface area contributed by atoms with Gasteiger partial charge in [0.25, 0.3) is 0 Å². The number of anilines is 2. The van der Waals surface area contributed by atoms with Gasteiger partial charge in [0.05, 0.1) is 57.6 Å². The van der Waals surface area contributed by atoms with Crippen molar-refractivity contribution >= 4 is 29.1 Å². The molecule has 13 nitrogen and oxygen atoms in total. The Kier molecular flexibility index (Phi) is 10.5. The number of aliphatic carboxylic acids is 2. The van der Waals surface area contributed by atoms with Gasteiger partial charge in [0, 0.05) is 25.1 Å². The summed E-state index contributed by atoms with van der Waals surface area (Å²) in [5.74, 6) is -2.49. The van der Waals surface area contributed by atoms with Crippen LogP contribution in [0.1, 0.15) is 6.42 Å². The van der Waals surface area contributed by atoms with Crippen molar-refractivity contribution < 1.29 is 39.1 Å². The molecule has 35 heavy (non-hydrogen) atoms. The smallest absolute Gasteiger partial charge is 0.351 e. The molecule has 2 aromatic rings. The lowest BCUT2D eigenvalue weighted by Gasteiger charge is -2.34. The molecular formula is C22H29N5O8. The molecule has 2 heterocycles. The third kappa shape index (κ3) is 8.30. The number of ether oxygens (including phenoxy) is 2. The Morgan fingerprint density at radius 3 is 2.40 bits per heavy atom. The van der Waals surface area contributed by atoms with E-state index >= 15 is 0 Å². The summed E-state index contributed by atoms with van der Waals surface area (Å²) in [5.41, 5.74) is 1.11. The molecule has 1 aliphatic heterocycles. The van der Waals surface area contributed by atoms with E-state index in [0.717, 1.165) is 50.6 Å². The number of hydrogen-bond acceptors (Lipinski definition) is 10. The average Bonchev–Trinajstić information content (AvgIpc) is 2.87. The summed E-state index contributed by atoms with van der Waals surface area (Å²) in [5, 5.41) is 30.6. The highest BCUT2D eigenvalue weighted by molar-refractivity contribution is 6.26. The molecule has 190 valence electrons. The van der Waals surface area contributed by atoms with Gasteiger partial charge < -0.3 is 39.6 Å². The van der Waals surface area contributed by atoms with Crippen molar-refractivity contribution in [2.24, 2.45) is 0 Å². The molecule has 0 saturated carbocycles. The van der Waals surface area contributed by atoms with Crippen molar-refractivity contribution in [3.63, 3.8) is 0 Å². The molecule has 0 amide bonds. The summed E-state index contributed by atoms with van der Waals surface area (Å²) in [6, 6.07) is 11.0. The predicted octanol–water partition coefficient (Wildman–Crippen LogP) is -0.965. The van der Waals surface area contributed by atoms with Crippen LogP contribution in [0.5, 0.6) is 11.6 Å². The van der Waals surface area contributed by atoms with Crippen LogP contribution in [0.3, 0.4) is 0 Å². The number of nitrogens with zero attached hydrogens (tertiary/aromatic N) is 3. The maximum absolute atomic E-state index is 11.2. The van der Waals surface area contributed by atoms with Gasteiger partial charge in [-0.3, -0.25) is 10.1 Å². The van der Waals surface area contributed by atoms with E-state index in [1.807, 2.05) is 18.2 Å². The first-order valence-electron chi connectivity index (χ1n) is 10.9. The van der Waals surface area contributed by atoms with Gasteiger partial charge in [-0.05, 0) is 12.1 Å². The zero-order valence-electron chi connectivity index (χ0n) is 19.6. The van der Waals surface area contributed by atoms with Crippen LogP contribution in [-0.2, 0) is 9.59 Å². The molecule has 13 heteroatoms. The number of quaternary nitrogens is 1. The SMILES string of the molecule is COc1ccc([N+](=O)[O-])c(NCCC[NH+]2CCN(c3ccccc3OC)CC2)n1.O=C([O-])C(=O)O. The van der Waals surface area contributed by atoms with Crippen molar-refractivity contribution in [2.75, 3.05) is 63.7 Å². The second-order valence-corrected chi connectivity index (χ2v) is 7.51. The van der Waals surface area contributed by atoms with E-state index in [4.69, 9.17) is 29.3 Å². The van der Waals surface area contributed by atoms with E-state index in [2.05, 4.69) is 21.3 Å². The summed E-state index contributed by atoms with van der Waals surface area (Å²) in [7, 11) is 3.20. The highest BCUT2D eigenvalue weighted by atomic mass is 16.6. The zero-order chi connectivity index (χ0) is 25.8. The quantitative estimate of drug-likeness (QED) is 0.171. The van der Waals surface area contributed by atoms with E-state index in [0.29, 0.717) is 12.4 Å². The van der Waals surface area contributed by atoms with Crippen LogP contribution in [-0.4, -0.2) is 80.4 Å². The number of nitrogens with one attached hydrogen (secondary N) is 2. The molecular weight excluding hydrogens is 462 g/mol. The molecule has 0 spiro atoms. The number of pyridine rings is 1. The fourth-order valence-electron chi connectivity index (χ4n) is 3.58. The number of carboxylic acid groups (broad SMARTS) is 2. The van der Waals surface area contributed by atoms with Gasteiger partial charge in [0.15, 0.2) is 5.97 Å². The van der Waals surface area contributed by atoms with Crippen LogP contribution in [0.25, 0.3) is 0 Å². The van der Waals surface area contributed by atoms with Crippen molar-refractivity contribution in [2.45, 2.75) is 6.42 Å². The highest BCUT2D eigenvalue weighted by Crippen LogP contribution is 2.27. The number of hydrogen-bond donors (Lipinski definition) is 3. The lowest BCUT2D eigenvalue weighted by molar-refractivity contribution is -0.900. The molecule has 0 unspecified atom stereocenters. The Balaban J connectivity index is 0.000000641. The molecule has 1 saturated heterocycles. The van der Waals surface area contributed by atoms with Crippen molar-refractivity contribution in [3.8, 4) is 11.6 Å². The number of carboxylic acids is 2. The summed E-state index contributed by atoms with van der Waals surface area (Å²) in [4.78, 5) is 36.8. The molecule has 0 radical (unpaired) electrons. The van der Waals surface area contributed by atoms with Crippen LogP contribution in [0.2, 0.25) is 0 Å². The third-order valence-electron chi connectivity index (χ3n) is 5.32. The Labute approximate surface area is 202 Å². The summed E-state index contributed by atoms with van der Waals surface area (Å²) < 4.78 is 10.5. The Hall–Kier alpha value is -4.13. The van der Waals surface area contributed by atoms with E-state index in [-0.39, 0.29) is 11.5 Å². The molecule has 0 atom stereocenters. The minimum Gasteiger partial charge on any atom is -0.539 e. The largest absolute Gasteiger partial charge is 0.539 e. The first-order chi connectivity index (χ1) is 16.8. The number of methoxy groups -OCH3 is 2. The summed E-state index contributed by atoms with van der Waals surface area (Å²) >= 11 is 0. The van der Waals surface area contributed by atoms with E-state index < -0.39 is 16.9 Å². The van der Waals surface area contributed by atoms with E-state index in [1.54, 1.807) is 7.11 Å². The molecule has 0 bridgehead atoms. The summed E-state index contributed by atoms with van der Waals surface area (Å²) in [6.07, 6.45) is 0.903.